The van der Waals surface area contributed by atoms with Crippen molar-refractivity contribution in [3.05, 3.63) is 163 Å². The number of carbonyl (C=O) groups is 4. The normalized spacial score (nSPS) is 13.6. The van der Waals surface area contributed by atoms with Crippen molar-refractivity contribution in [3.8, 4) is 46.3 Å². The molecule has 12 rings (SSSR count). The van der Waals surface area contributed by atoms with E-state index in [4.69, 9.17) is 33.3 Å². The maximum atomic E-state index is 13.5. The molecule has 4 N–H and O–H groups in total. The molecule has 0 spiro atoms. The van der Waals surface area contributed by atoms with Gasteiger partial charge in [0, 0.05) is 48.7 Å². The highest BCUT2D eigenvalue weighted by Gasteiger charge is 2.41. The number of aryl methyl sites for hydroxylation is 4. The minimum Gasteiger partial charge on any atom is -0.496 e. The fourth-order valence-corrected chi connectivity index (χ4v) is 14.5. The number of anilines is 1. The molecular weight excluding hydrogens is 1490 g/mol. The van der Waals surface area contributed by atoms with Crippen molar-refractivity contribution in [2.24, 2.45) is 17.6 Å². The van der Waals surface area contributed by atoms with E-state index >= 15 is 0 Å². The maximum Gasteiger partial charge on any atom is 0.418 e. The molecule has 0 bridgehead atoms. The summed E-state index contributed by atoms with van der Waals surface area (Å²) in [5.74, 6) is -2.68. The van der Waals surface area contributed by atoms with Crippen LogP contribution in [0.3, 0.4) is 0 Å². The van der Waals surface area contributed by atoms with E-state index in [2.05, 4.69) is 68.5 Å². The summed E-state index contributed by atoms with van der Waals surface area (Å²) in [5.41, 5.74) is 4.68. The average molecular weight is 1570 g/mol. The van der Waals surface area contributed by atoms with E-state index < -0.39 is 75.5 Å². The molecule has 1 fully saturated rings. The molecule has 2 amide bonds. The summed E-state index contributed by atoms with van der Waals surface area (Å²) in [6, 6.07) is 20.9. The number of carbonyl (C=O) groups excluding carboxylic acids is 4. The number of sulfonamides is 2. The molecule has 0 unspecified atom stereocenters. The summed E-state index contributed by atoms with van der Waals surface area (Å²) >= 11 is 0. The second kappa shape index (κ2) is 33.5. The van der Waals surface area contributed by atoms with Gasteiger partial charge in [0.2, 0.25) is 29.4 Å². The van der Waals surface area contributed by atoms with Crippen LogP contribution in [0.4, 0.5) is 19.1 Å². The van der Waals surface area contributed by atoms with Gasteiger partial charge in [0.15, 0.2) is 20.5 Å². The molecule has 1 saturated carbocycles. The molecule has 1 aliphatic carbocycles. The van der Waals surface area contributed by atoms with Crippen LogP contribution in [0.1, 0.15) is 124 Å². The first-order valence-corrected chi connectivity index (χ1v) is 38.4. The molecule has 32 nitrogen and oxygen atoms in total. The lowest BCUT2D eigenvalue weighted by Gasteiger charge is -2.19. The number of hydrogen-bond donors (Lipinski definition) is 4. The Morgan fingerprint density at radius 2 is 1.40 bits per heavy atom. The summed E-state index contributed by atoms with van der Waals surface area (Å²) < 4.78 is 155. The van der Waals surface area contributed by atoms with Gasteiger partial charge in [-0.1, -0.05) is 48.8 Å². The van der Waals surface area contributed by atoms with E-state index in [1.807, 2.05) is 30.2 Å². The lowest BCUT2D eigenvalue weighted by molar-refractivity contribution is -0.143. The Balaban J connectivity index is 0.000000168. The van der Waals surface area contributed by atoms with Crippen LogP contribution in [-0.2, 0) is 83.4 Å². The molecule has 3 aliphatic rings. The molecule has 5 aromatic heterocycles. The number of pyridine rings is 1. The van der Waals surface area contributed by atoms with Crippen LogP contribution in [0.25, 0.3) is 16.9 Å². The monoisotopic (exact) mass is 1570 g/mol. The number of nitrogens with one attached hydrogen (secondary N) is 3. The molecule has 109 heavy (non-hydrogen) atoms. The van der Waals surface area contributed by atoms with Crippen LogP contribution in [0.15, 0.2) is 122 Å². The lowest BCUT2D eigenvalue weighted by atomic mass is 9.91. The number of para-hydroxylation sites is 1. The topological polar surface area (TPSA) is 405 Å². The molecule has 0 atom stereocenters. The van der Waals surface area contributed by atoms with Gasteiger partial charge in [-0.3, -0.25) is 24.0 Å². The summed E-state index contributed by atoms with van der Waals surface area (Å²) in [5, 5.41) is 24.4. The zero-order chi connectivity index (χ0) is 79.8. The average Bonchev–Trinajstić information content (AvgIpc) is 1.64. The number of ketones is 1. The third-order valence-corrected chi connectivity index (χ3v) is 20.8. The fraction of sp³-hybridized carbons (Fsp3) is 0.366. The molecular formula is C71H80F3N13O19S3. The molecule has 582 valence electrons. The number of esters is 1. The molecule has 38 heteroatoms. The number of benzene rings is 4. The number of oxime groups is 1. The minimum absolute atomic E-state index is 0.0493. The van der Waals surface area contributed by atoms with Gasteiger partial charge in [0.25, 0.3) is 49.1 Å². The Bertz CT molecular complexity index is 5390. The third-order valence-electron chi connectivity index (χ3n) is 16.9. The number of fused-ring (bicyclic) bond motifs is 2. The van der Waals surface area contributed by atoms with Gasteiger partial charge in [0.1, 0.15) is 23.5 Å². The number of nitrogens with zero attached hydrogens (tertiary/aromatic N) is 10. The highest BCUT2D eigenvalue weighted by Crippen LogP contribution is 2.40. The first-order valence-electron chi connectivity index (χ1n) is 33.6. The van der Waals surface area contributed by atoms with Gasteiger partial charge in [-0.15, -0.1) is 5.10 Å². The Hall–Kier alpha value is -11.3. The van der Waals surface area contributed by atoms with Gasteiger partial charge in [0.05, 0.1) is 99.1 Å². The van der Waals surface area contributed by atoms with E-state index in [1.54, 1.807) is 34.5 Å². The van der Waals surface area contributed by atoms with Crippen molar-refractivity contribution in [1.29, 1.82) is 0 Å². The summed E-state index contributed by atoms with van der Waals surface area (Å²) in [7, 11) is -5.88. The van der Waals surface area contributed by atoms with Crippen molar-refractivity contribution in [2.45, 2.75) is 121 Å². The zero-order valence-electron chi connectivity index (χ0n) is 61.5. The Labute approximate surface area is 624 Å². The number of methoxy groups -OCH3 is 4. The number of aromatic nitrogens is 9. The third kappa shape index (κ3) is 18.7. The molecule has 0 radical (unpaired) electrons. The van der Waals surface area contributed by atoms with Crippen molar-refractivity contribution in [1.82, 2.24) is 53.7 Å². The number of aromatic hydroxyl groups is 1. The highest BCUT2D eigenvalue weighted by atomic mass is 32.2. The summed E-state index contributed by atoms with van der Waals surface area (Å²) in [6.07, 6.45) is 2.16. The van der Waals surface area contributed by atoms with E-state index in [0.717, 1.165) is 66.5 Å². The molecule has 2 aliphatic heterocycles. The van der Waals surface area contributed by atoms with E-state index in [0.29, 0.717) is 79.2 Å². The number of ether oxygens (including phenoxy) is 6. The first kappa shape index (κ1) is 81.8. The number of amides is 2. The van der Waals surface area contributed by atoms with Gasteiger partial charge in [-0.25, -0.2) is 53.7 Å². The highest BCUT2D eigenvalue weighted by molar-refractivity contribution is 7.93. The standard InChI is InChI=1S/C23H32N2O4.C18H18N2O5S.C16H17N3O5S.C14H13F3N6O5S/c1-7-16-13-15(3)14-17(8-2)18(16)19-20(26)24-9-11-28-12-10-25(24)21(19)29-22(27)23(4,5)6;1-25-16-5-3-2-4-15(16)18(22)20-26(23,24)14-10-6-12(7-11-14)17(21)19-13-8-9-13;1-9-10(15(20)11-8-17-19(2)16(11)21)4-5-13(25(3,22)23)14(9)12-6-7-24-18-12;1-26-8-6-9(27-2)23-13(19-8)20-12(21-23)22-29(24,25)10-7(14(15,16)17)4-5-18-11(10)28-3/h13-14H,7-12H2,1-6H3;2-7,10-11,13H,8-9H2,1H3,(H,19,21)(H,20,22);4-5,8,21H,6-7H2,1-3H3;4-6H,1-3H3,(H,21,22). The number of hydrogen-bond acceptors (Lipinski definition) is 25. The van der Waals surface area contributed by atoms with Gasteiger partial charge < -0.3 is 43.7 Å². The van der Waals surface area contributed by atoms with E-state index in [9.17, 15) is 67.5 Å². The van der Waals surface area contributed by atoms with Gasteiger partial charge in [-0.2, -0.15) is 32.8 Å². The van der Waals surface area contributed by atoms with Crippen LogP contribution in [0.5, 0.6) is 35.1 Å². The molecule has 4 aromatic carbocycles. The second-order valence-electron chi connectivity index (χ2n) is 25.7. The Morgan fingerprint density at radius 3 is 1.96 bits per heavy atom. The van der Waals surface area contributed by atoms with E-state index in [-0.39, 0.29) is 79.1 Å². The number of alkyl halides is 3. The predicted molar refractivity (Wildman–Crippen MR) is 388 cm³/mol. The maximum absolute atomic E-state index is 13.5. The van der Waals surface area contributed by atoms with Gasteiger partial charge in [-0.05, 0) is 137 Å². The number of rotatable bonds is 20. The van der Waals surface area contributed by atoms with Crippen molar-refractivity contribution in [2.75, 3.05) is 59.2 Å². The predicted octanol–water partition coefficient (Wildman–Crippen LogP) is 8.00. The van der Waals surface area contributed by atoms with Gasteiger partial charge >= 0.3 is 12.1 Å². The smallest absolute Gasteiger partial charge is 0.418 e. The van der Waals surface area contributed by atoms with Crippen LogP contribution >= 0.6 is 0 Å². The minimum atomic E-state index is -4.98. The summed E-state index contributed by atoms with van der Waals surface area (Å²) in [6.45, 7) is 15.6. The second-order valence-corrected chi connectivity index (χ2v) is 31.0. The Morgan fingerprint density at radius 1 is 0.743 bits per heavy atom. The zero-order valence-corrected chi connectivity index (χ0v) is 64.0. The number of halogens is 3. The number of sulfone groups is 1. The Kier molecular flexibility index (Phi) is 25.1. The summed E-state index contributed by atoms with van der Waals surface area (Å²) in [4.78, 5) is 78.4. The van der Waals surface area contributed by atoms with Crippen molar-refractivity contribution < 1.29 is 96.0 Å². The van der Waals surface area contributed by atoms with E-state index in [1.165, 1.54) is 93.4 Å². The first-order chi connectivity index (χ1) is 51.4. The van der Waals surface area contributed by atoms with Crippen molar-refractivity contribution >= 4 is 70.9 Å². The molecule has 0 saturated heterocycles. The van der Waals surface area contributed by atoms with Crippen LogP contribution in [-0.4, -0.2) is 164 Å². The van der Waals surface area contributed by atoms with Crippen LogP contribution in [0.2, 0.25) is 0 Å². The largest absolute Gasteiger partial charge is 0.496 e. The van der Waals surface area contributed by atoms with Crippen LogP contribution < -0.4 is 44.0 Å². The molecule has 9 aromatic rings. The lowest BCUT2D eigenvalue weighted by Crippen LogP contribution is -2.31. The van der Waals surface area contributed by atoms with Crippen LogP contribution in [0, 0.1) is 19.3 Å². The molecule has 7 heterocycles. The SMILES string of the molecule is CCc1cc(C)cc(CC)c1-c1c(OC(=O)C(C)(C)C)n2n(c1=O)CCOCC2.COc1cc(OC)n2nc(NS(=O)(=O)c3c(C(F)(F)F)ccnc3OC)nc2n1.COc1ccccc1C(=O)NS(=O)(=O)c1ccc(C(=O)NC2CC2)cc1.Cc1c(C(=O)c2cnn(C)c2O)ccc(S(C)(=O)=O)c1C1=NOCC1. The fourth-order valence-electron chi connectivity index (χ4n) is 11.3. The van der Waals surface area contributed by atoms with Crippen molar-refractivity contribution in [3.63, 3.8) is 0 Å². The quantitative estimate of drug-likeness (QED) is 0.0414.